The summed E-state index contributed by atoms with van der Waals surface area (Å²) in [7, 11) is -4.04. The van der Waals surface area contributed by atoms with Gasteiger partial charge in [0.15, 0.2) is 0 Å². The zero-order chi connectivity index (χ0) is 15.9. The molecule has 3 rings (SSSR count). The van der Waals surface area contributed by atoms with Crippen LogP contribution in [-0.4, -0.2) is 19.5 Å². The lowest BCUT2D eigenvalue weighted by atomic mass is 10.2. The van der Waals surface area contributed by atoms with Gasteiger partial charge in [0, 0.05) is 11.4 Å². The summed E-state index contributed by atoms with van der Waals surface area (Å²) >= 11 is 1.26. The maximum Gasteiger partial charge on any atom is 0.335 e. The average Bonchev–Trinajstić information content (AvgIpc) is 2.64. The summed E-state index contributed by atoms with van der Waals surface area (Å²) in [6.45, 7) is 0.476. The molecule has 0 saturated heterocycles. The Morgan fingerprint density at radius 1 is 1.27 bits per heavy atom. The van der Waals surface area contributed by atoms with Gasteiger partial charge in [-0.2, -0.15) is 0 Å². The monoisotopic (exact) mass is 336 g/mol. The van der Waals surface area contributed by atoms with Gasteiger partial charge in [0.25, 0.3) is 0 Å². The molecule has 1 aliphatic heterocycles. The first kappa shape index (κ1) is 14.9. The number of rotatable bonds is 2. The second kappa shape index (κ2) is 5.31. The van der Waals surface area contributed by atoms with E-state index in [-0.39, 0.29) is 10.5 Å². The molecule has 0 radical (unpaired) electrons. The molecule has 0 aliphatic carbocycles. The normalized spacial score (nSPS) is 13.5. The highest BCUT2D eigenvalue weighted by molar-refractivity contribution is 8.00. The topological polar surface area (TPSA) is 109 Å². The van der Waals surface area contributed by atoms with Crippen LogP contribution in [0, 0.1) is 0 Å². The van der Waals surface area contributed by atoms with Gasteiger partial charge in [-0.05, 0) is 23.8 Å². The summed E-state index contributed by atoms with van der Waals surface area (Å²) in [5.41, 5.74) is 1.33. The van der Waals surface area contributed by atoms with Gasteiger partial charge in [0.05, 0.1) is 21.0 Å². The lowest BCUT2D eigenvalue weighted by Crippen LogP contribution is -2.15. The predicted octanol–water partition coefficient (Wildman–Crippen LogP) is 2.11. The average molecular weight is 336 g/mol. The fourth-order valence-corrected chi connectivity index (χ4v) is 4.39. The van der Waals surface area contributed by atoms with Gasteiger partial charge >= 0.3 is 5.97 Å². The van der Waals surface area contributed by atoms with Crippen LogP contribution in [0.1, 0.15) is 15.9 Å². The minimum Gasteiger partial charge on any atom is -0.478 e. The number of nitrogens with two attached hydrogens (primary N) is 1. The molecule has 8 heteroatoms. The van der Waals surface area contributed by atoms with Gasteiger partial charge in [-0.1, -0.05) is 30.0 Å². The molecule has 0 bridgehead atoms. The SMILES string of the molecule is NS(=O)(=O)c1cc(C(=O)O)cc2c1Sc1ccccc1CN2. The van der Waals surface area contributed by atoms with Crippen LogP contribution in [0.5, 0.6) is 0 Å². The van der Waals surface area contributed by atoms with Crippen molar-refractivity contribution in [3.05, 3.63) is 47.5 Å². The molecule has 0 saturated carbocycles. The Hall–Kier alpha value is -2.03. The third kappa shape index (κ3) is 2.68. The Morgan fingerprint density at radius 2 is 2.00 bits per heavy atom. The van der Waals surface area contributed by atoms with E-state index in [9.17, 15) is 13.2 Å². The van der Waals surface area contributed by atoms with E-state index >= 15 is 0 Å². The minimum absolute atomic E-state index is 0.123. The van der Waals surface area contributed by atoms with Crippen LogP contribution < -0.4 is 10.5 Å². The van der Waals surface area contributed by atoms with Crippen LogP contribution in [0.2, 0.25) is 0 Å². The van der Waals surface area contributed by atoms with Crippen molar-refractivity contribution in [2.75, 3.05) is 5.32 Å². The van der Waals surface area contributed by atoms with Crippen LogP contribution in [0.25, 0.3) is 0 Å². The fourth-order valence-electron chi connectivity index (χ4n) is 2.22. The third-order valence-electron chi connectivity index (χ3n) is 3.26. The summed E-state index contributed by atoms with van der Waals surface area (Å²) in [6, 6.07) is 10.1. The fraction of sp³-hybridized carbons (Fsp3) is 0.0714. The van der Waals surface area contributed by atoms with Gasteiger partial charge < -0.3 is 10.4 Å². The van der Waals surface area contributed by atoms with Crippen molar-refractivity contribution in [2.24, 2.45) is 5.14 Å². The summed E-state index contributed by atoms with van der Waals surface area (Å²) in [4.78, 5) is 12.3. The summed E-state index contributed by atoms with van der Waals surface area (Å²) in [5, 5.41) is 17.5. The molecule has 0 fully saturated rings. The van der Waals surface area contributed by atoms with E-state index in [1.165, 1.54) is 17.8 Å². The molecular weight excluding hydrogens is 324 g/mol. The molecule has 0 amide bonds. The third-order valence-corrected chi connectivity index (χ3v) is 5.59. The van der Waals surface area contributed by atoms with Crippen LogP contribution >= 0.6 is 11.8 Å². The molecule has 6 nitrogen and oxygen atoms in total. The first-order valence-electron chi connectivity index (χ1n) is 6.30. The van der Waals surface area contributed by atoms with Gasteiger partial charge in [-0.15, -0.1) is 0 Å². The van der Waals surface area contributed by atoms with Crippen LogP contribution in [0.15, 0.2) is 51.1 Å². The number of sulfonamides is 1. The van der Waals surface area contributed by atoms with Crippen molar-refractivity contribution in [3.8, 4) is 0 Å². The number of anilines is 1. The Morgan fingerprint density at radius 3 is 2.68 bits per heavy atom. The largest absolute Gasteiger partial charge is 0.478 e. The van der Waals surface area contributed by atoms with E-state index in [0.29, 0.717) is 17.1 Å². The van der Waals surface area contributed by atoms with E-state index in [1.807, 2.05) is 24.3 Å². The smallest absolute Gasteiger partial charge is 0.335 e. The van der Waals surface area contributed by atoms with E-state index in [4.69, 9.17) is 10.2 Å². The number of hydrogen-bond donors (Lipinski definition) is 3. The number of aromatic carboxylic acids is 1. The second-order valence-electron chi connectivity index (χ2n) is 4.76. The van der Waals surface area contributed by atoms with Crippen molar-refractivity contribution in [1.82, 2.24) is 0 Å². The maximum atomic E-state index is 11.8. The molecule has 0 atom stereocenters. The molecule has 0 unspecified atom stereocenters. The van der Waals surface area contributed by atoms with Crippen molar-refractivity contribution in [3.63, 3.8) is 0 Å². The number of nitrogens with one attached hydrogen (secondary N) is 1. The van der Waals surface area contributed by atoms with Gasteiger partial charge in [-0.25, -0.2) is 18.4 Å². The Bertz CT molecular complexity index is 878. The first-order valence-corrected chi connectivity index (χ1v) is 8.66. The first-order chi connectivity index (χ1) is 10.4. The molecule has 114 valence electrons. The molecule has 1 heterocycles. The van der Waals surface area contributed by atoms with Crippen LogP contribution in [0.4, 0.5) is 5.69 Å². The van der Waals surface area contributed by atoms with Crippen LogP contribution in [-0.2, 0) is 16.6 Å². The van der Waals surface area contributed by atoms with Crippen molar-refractivity contribution < 1.29 is 18.3 Å². The quantitative estimate of drug-likeness (QED) is 0.775. The lowest BCUT2D eigenvalue weighted by Gasteiger charge is -2.12. The maximum absolute atomic E-state index is 11.8. The van der Waals surface area contributed by atoms with E-state index in [2.05, 4.69) is 5.32 Å². The molecule has 0 spiro atoms. The Labute approximate surface area is 131 Å². The van der Waals surface area contributed by atoms with Gasteiger partial charge in [0.2, 0.25) is 10.0 Å². The van der Waals surface area contributed by atoms with Crippen molar-refractivity contribution in [1.29, 1.82) is 0 Å². The van der Waals surface area contributed by atoms with Gasteiger partial charge in [-0.3, -0.25) is 0 Å². The Kier molecular flexibility index (Phi) is 3.59. The standard InChI is InChI=1S/C14H12N2O4S2/c15-22(19,20)12-6-9(14(17)18)5-10-13(12)21-11-4-2-1-3-8(11)7-16-10/h1-6,16H,7H2,(H,17,18)(H2,15,19,20). The predicted molar refractivity (Wildman–Crippen MR) is 82.7 cm³/mol. The molecule has 4 N–H and O–H groups in total. The van der Waals surface area contributed by atoms with Gasteiger partial charge in [0.1, 0.15) is 0 Å². The highest BCUT2D eigenvalue weighted by atomic mass is 32.2. The van der Waals surface area contributed by atoms with E-state index in [1.54, 1.807) is 0 Å². The summed E-state index contributed by atoms with van der Waals surface area (Å²) in [6.07, 6.45) is 0. The zero-order valence-electron chi connectivity index (χ0n) is 11.2. The molecular formula is C14H12N2O4S2. The number of carboxylic acids is 1. The summed E-state index contributed by atoms with van der Waals surface area (Å²) in [5.74, 6) is -1.21. The molecule has 22 heavy (non-hydrogen) atoms. The number of benzene rings is 2. The molecule has 2 aromatic carbocycles. The van der Waals surface area contributed by atoms with E-state index in [0.717, 1.165) is 16.5 Å². The highest BCUT2D eigenvalue weighted by Crippen LogP contribution is 2.42. The lowest BCUT2D eigenvalue weighted by molar-refractivity contribution is 0.0696. The van der Waals surface area contributed by atoms with Crippen molar-refractivity contribution >= 4 is 33.4 Å². The highest BCUT2D eigenvalue weighted by Gasteiger charge is 2.24. The van der Waals surface area contributed by atoms with E-state index < -0.39 is 16.0 Å². The molecule has 0 aromatic heterocycles. The number of carbonyl (C=O) groups is 1. The zero-order valence-corrected chi connectivity index (χ0v) is 12.9. The molecule has 1 aliphatic rings. The Balaban J connectivity index is 2.25. The van der Waals surface area contributed by atoms with Crippen molar-refractivity contribution in [2.45, 2.75) is 21.2 Å². The second-order valence-corrected chi connectivity index (χ2v) is 7.35. The molecule has 2 aromatic rings. The number of hydrogen-bond acceptors (Lipinski definition) is 5. The number of primary sulfonamides is 1. The minimum atomic E-state index is -4.04. The summed E-state index contributed by atoms with van der Waals surface area (Å²) < 4.78 is 23.7. The number of fused-ring (bicyclic) bond motifs is 2. The number of carboxylic acid groups (broad SMARTS) is 1. The van der Waals surface area contributed by atoms with Crippen LogP contribution in [0.3, 0.4) is 0 Å².